The molecule has 0 bridgehead atoms. The lowest BCUT2D eigenvalue weighted by Crippen LogP contribution is -2.49. The molecule has 0 saturated carbocycles. The van der Waals surface area contributed by atoms with E-state index in [0.29, 0.717) is 57.9 Å². The number of aryl methyl sites for hydroxylation is 2. The van der Waals surface area contributed by atoms with Crippen molar-refractivity contribution in [1.29, 1.82) is 0 Å². The first-order valence-corrected chi connectivity index (χ1v) is 36.3. The minimum Gasteiger partial charge on any atom is -0.342 e. The molecule has 6 aliphatic heterocycles. The van der Waals surface area contributed by atoms with Gasteiger partial charge in [0.15, 0.2) is 0 Å². The van der Waals surface area contributed by atoms with Gasteiger partial charge in [-0.2, -0.15) is 0 Å². The summed E-state index contributed by atoms with van der Waals surface area (Å²) in [5.41, 5.74) is 9.98. The number of carbonyl (C=O) groups is 3. The third-order valence-electron chi connectivity index (χ3n) is 21.3. The van der Waals surface area contributed by atoms with Gasteiger partial charge in [-0.3, -0.25) is 19.4 Å². The number of halogens is 5. The Labute approximate surface area is 578 Å². The van der Waals surface area contributed by atoms with Crippen LogP contribution in [0.3, 0.4) is 0 Å². The SMILES string of the molecule is Cc1ccccc1CC(=O)N1CCC(N2CCC(Cc3cc(F)cc(Cl)c3)CC2)CC1.Cc1ccccc1CC(=O)N1CCC(N2CCC(Cc3cccc(Cl)c3)CC2)CC1.O=C(c1ccnc2ccccc12)N1CCC(N2CCC(Cc3ccc(Cl)c(Cl)c3)CC2)CC1. The Morgan fingerprint density at radius 1 is 0.426 bits per heavy atom. The minimum atomic E-state index is -0.247. The van der Waals surface area contributed by atoms with Crippen LogP contribution in [0.1, 0.15) is 126 Å². The van der Waals surface area contributed by atoms with Crippen molar-refractivity contribution in [3.63, 3.8) is 0 Å². The van der Waals surface area contributed by atoms with Gasteiger partial charge in [-0.05, 0) is 261 Å². The number of para-hydroxylation sites is 1. The van der Waals surface area contributed by atoms with E-state index in [1.54, 1.807) is 12.3 Å². The van der Waals surface area contributed by atoms with Crippen molar-refractivity contribution in [2.24, 2.45) is 17.8 Å². The van der Waals surface area contributed by atoms with Crippen LogP contribution < -0.4 is 0 Å². The second-order valence-electron chi connectivity index (χ2n) is 27.5. The van der Waals surface area contributed by atoms with Gasteiger partial charge in [0.05, 0.1) is 34.0 Å². The summed E-state index contributed by atoms with van der Waals surface area (Å²) in [6.07, 6.45) is 19.5. The van der Waals surface area contributed by atoms with Crippen LogP contribution in [0.5, 0.6) is 0 Å². The first kappa shape index (κ1) is 69.5. The predicted octanol–water partition coefficient (Wildman–Crippen LogP) is 16.5. The highest BCUT2D eigenvalue weighted by molar-refractivity contribution is 6.42. The smallest absolute Gasteiger partial charge is 0.254 e. The van der Waals surface area contributed by atoms with Crippen LogP contribution in [0.25, 0.3) is 10.9 Å². The van der Waals surface area contributed by atoms with E-state index in [4.69, 9.17) is 46.4 Å². The van der Waals surface area contributed by atoms with E-state index < -0.39 is 0 Å². The molecular formula is C79H94Cl4FN7O3. The average molecular weight is 1350 g/mol. The Kier molecular flexibility index (Phi) is 25.0. The van der Waals surface area contributed by atoms with Crippen LogP contribution in [0.2, 0.25) is 20.1 Å². The molecule has 10 nitrogen and oxygen atoms in total. The number of benzene rings is 6. The number of fused-ring (bicyclic) bond motifs is 1. The Hall–Kier alpha value is -5.89. The molecule has 6 saturated heterocycles. The number of amides is 3. The molecule has 6 aliphatic rings. The first-order valence-electron chi connectivity index (χ1n) is 34.8. The van der Waals surface area contributed by atoms with E-state index in [1.165, 1.54) is 67.1 Å². The van der Waals surface area contributed by atoms with Crippen LogP contribution in [0.15, 0.2) is 146 Å². The van der Waals surface area contributed by atoms with E-state index in [0.717, 1.165) is 180 Å². The van der Waals surface area contributed by atoms with Crippen LogP contribution >= 0.6 is 46.4 Å². The third kappa shape index (κ3) is 19.2. The molecular weight excluding hydrogens is 1260 g/mol. The van der Waals surface area contributed by atoms with E-state index in [-0.39, 0.29) is 23.5 Å². The van der Waals surface area contributed by atoms with Gasteiger partial charge in [0, 0.05) is 79.0 Å². The van der Waals surface area contributed by atoms with E-state index in [1.807, 2.05) is 88.7 Å². The lowest BCUT2D eigenvalue weighted by atomic mass is 9.88. The second kappa shape index (κ2) is 33.9. The maximum atomic E-state index is 13.6. The predicted molar refractivity (Wildman–Crippen MR) is 383 cm³/mol. The zero-order chi connectivity index (χ0) is 65.5. The topological polar surface area (TPSA) is 83.5 Å². The van der Waals surface area contributed by atoms with Crippen LogP contribution in [0.4, 0.5) is 4.39 Å². The molecule has 13 rings (SSSR count). The van der Waals surface area contributed by atoms with Crippen molar-refractivity contribution in [1.82, 2.24) is 34.4 Å². The Morgan fingerprint density at radius 3 is 1.35 bits per heavy atom. The molecule has 7 heterocycles. The number of piperidine rings is 6. The first-order chi connectivity index (χ1) is 45.6. The number of rotatable bonds is 14. The van der Waals surface area contributed by atoms with Crippen molar-refractivity contribution in [3.05, 3.63) is 216 Å². The molecule has 0 aliphatic carbocycles. The molecule has 3 amide bonds. The number of likely N-dealkylation sites (tertiary alicyclic amines) is 6. The van der Waals surface area contributed by atoms with Gasteiger partial charge < -0.3 is 29.4 Å². The molecule has 0 atom stereocenters. The Morgan fingerprint density at radius 2 is 0.872 bits per heavy atom. The van der Waals surface area contributed by atoms with E-state index >= 15 is 0 Å². The summed E-state index contributed by atoms with van der Waals surface area (Å²) in [7, 11) is 0. The summed E-state index contributed by atoms with van der Waals surface area (Å²) in [6.45, 7) is 16.2. The maximum absolute atomic E-state index is 13.6. The highest BCUT2D eigenvalue weighted by atomic mass is 35.5. The van der Waals surface area contributed by atoms with E-state index in [9.17, 15) is 18.8 Å². The minimum absolute atomic E-state index is 0.132. The largest absolute Gasteiger partial charge is 0.342 e. The van der Waals surface area contributed by atoms with Crippen LogP contribution in [-0.2, 0) is 41.7 Å². The fourth-order valence-corrected chi connectivity index (χ4v) is 16.4. The van der Waals surface area contributed by atoms with Gasteiger partial charge in [-0.15, -0.1) is 0 Å². The number of aromatic nitrogens is 1. The molecule has 94 heavy (non-hydrogen) atoms. The van der Waals surface area contributed by atoms with Gasteiger partial charge in [-0.25, -0.2) is 4.39 Å². The number of nitrogens with zero attached hydrogens (tertiary/aromatic N) is 7. The molecule has 15 heteroatoms. The summed E-state index contributed by atoms with van der Waals surface area (Å²) >= 11 is 24.4. The van der Waals surface area contributed by atoms with Gasteiger partial charge >= 0.3 is 0 Å². The van der Waals surface area contributed by atoms with Crippen molar-refractivity contribution in [3.8, 4) is 0 Å². The van der Waals surface area contributed by atoms with Gasteiger partial charge in [-0.1, -0.05) is 131 Å². The lowest BCUT2D eigenvalue weighted by molar-refractivity contribution is -0.133. The highest BCUT2D eigenvalue weighted by Gasteiger charge is 2.34. The molecule has 1 aromatic heterocycles. The number of hydrogen-bond donors (Lipinski definition) is 0. The molecule has 0 N–H and O–H groups in total. The molecule has 0 radical (unpaired) electrons. The maximum Gasteiger partial charge on any atom is 0.254 e. The standard InChI is InChI=1S/C27H29Cl2N3O.C26H32ClFN2O.C26H33ClN2O/c28-24-6-5-20(18-25(24)29)17-19-8-13-31(14-9-19)21-10-15-32(16-11-21)27(33)23-7-12-30-26-4-2-1-3-22(23)26;1-19-4-2-3-5-22(19)17-26(31)30-12-8-25(9-13-30)29-10-6-20(7-11-29)14-21-15-23(27)18-24(28)16-21;1-20-5-2-3-7-23(20)19-26(30)29-15-11-25(12-16-29)28-13-9-21(10-14-28)17-22-6-4-8-24(27)18-22/h1-7,12,18-19,21H,8-11,13-17H2;2-5,15-16,18,20,25H,6-14,17H2,1H3;2-8,18,21,25H,9-17,19H2,1H3. The molecule has 0 spiro atoms. The Balaban J connectivity index is 0.000000144. The summed E-state index contributed by atoms with van der Waals surface area (Å²) in [6, 6.07) is 47.1. The highest BCUT2D eigenvalue weighted by Crippen LogP contribution is 2.33. The fraction of sp³-hybridized carbons (Fsp3) is 0.468. The van der Waals surface area contributed by atoms with Crippen molar-refractivity contribution < 1.29 is 18.8 Å². The van der Waals surface area contributed by atoms with Crippen LogP contribution in [-0.4, -0.2) is 149 Å². The molecule has 498 valence electrons. The molecule has 6 fully saturated rings. The molecule has 7 aromatic rings. The van der Waals surface area contributed by atoms with Crippen molar-refractivity contribution in [2.45, 2.75) is 141 Å². The van der Waals surface area contributed by atoms with Gasteiger partial charge in [0.2, 0.25) is 11.8 Å². The zero-order valence-corrected chi connectivity index (χ0v) is 58.1. The van der Waals surface area contributed by atoms with Gasteiger partial charge in [0.1, 0.15) is 5.82 Å². The van der Waals surface area contributed by atoms with Gasteiger partial charge in [0.25, 0.3) is 5.91 Å². The fourth-order valence-electron chi connectivity index (χ4n) is 15.6. The molecule has 6 aromatic carbocycles. The van der Waals surface area contributed by atoms with Crippen LogP contribution in [0, 0.1) is 37.4 Å². The summed E-state index contributed by atoms with van der Waals surface area (Å²) in [5, 5.41) is 3.53. The number of carbonyl (C=O) groups excluding carboxylic acids is 3. The monoisotopic (exact) mass is 1350 g/mol. The van der Waals surface area contributed by atoms with Crippen molar-refractivity contribution >= 4 is 75.0 Å². The number of pyridine rings is 1. The average Bonchev–Trinajstić information content (AvgIpc) is 1.09. The quantitative estimate of drug-likeness (QED) is 0.107. The third-order valence-corrected chi connectivity index (χ3v) is 22.5. The van der Waals surface area contributed by atoms with Crippen molar-refractivity contribution in [2.75, 3.05) is 78.5 Å². The lowest BCUT2D eigenvalue weighted by Gasteiger charge is -2.42. The summed E-state index contributed by atoms with van der Waals surface area (Å²) in [4.78, 5) is 57.2. The van der Waals surface area contributed by atoms with E-state index in [2.05, 4.69) is 87.0 Å². The number of hydrogen-bond acceptors (Lipinski definition) is 7. The zero-order valence-electron chi connectivity index (χ0n) is 55.1. The summed E-state index contributed by atoms with van der Waals surface area (Å²) < 4.78 is 13.6. The Bertz CT molecular complexity index is 3610. The summed E-state index contributed by atoms with van der Waals surface area (Å²) in [5.74, 6) is 2.46. The second-order valence-corrected chi connectivity index (χ2v) is 29.2. The normalized spacial score (nSPS) is 18.9. The molecule has 0 unspecified atom stereocenters.